The summed E-state index contributed by atoms with van der Waals surface area (Å²) >= 11 is 11.8. The maximum atomic E-state index is 12.5. The van der Waals surface area contributed by atoms with E-state index in [1.54, 1.807) is 24.4 Å². The van der Waals surface area contributed by atoms with Crippen molar-refractivity contribution in [3.8, 4) is 0 Å². The van der Waals surface area contributed by atoms with Crippen LogP contribution in [0.15, 0.2) is 53.6 Å². The van der Waals surface area contributed by atoms with Crippen molar-refractivity contribution in [1.29, 1.82) is 0 Å². The van der Waals surface area contributed by atoms with Crippen molar-refractivity contribution < 1.29 is 8.42 Å². The molecule has 0 spiro atoms. The molecular weight excluding hydrogens is 331 g/mol. The number of aromatic nitrogens is 1. The highest BCUT2D eigenvalue weighted by molar-refractivity contribution is 7.92. The summed E-state index contributed by atoms with van der Waals surface area (Å²) in [6.45, 7) is 0. The normalized spacial score (nSPS) is 11.7. The molecule has 1 aromatic heterocycles. The molecule has 3 rings (SSSR count). The van der Waals surface area contributed by atoms with Gasteiger partial charge in [-0.15, -0.1) is 0 Å². The van der Waals surface area contributed by atoms with Crippen LogP contribution in [0.2, 0.25) is 10.0 Å². The highest BCUT2D eigenvalue weighted by Gasteiger charge is 2.19. The topological polar surface area (TPSA) is 62.0 Å². The lowest BCUT2D eigenvalue weighted by molar-refractivity contribution is 0.601. The zero-order valence-electron chi connectivity index (χ0n) is 10.6. The maximum Gasteiger partial charge on any atom is 0.263 e. The number of fused-ring (bicyclic) bond motifs is 1. The molecule has 4 nitrogen and oxygen atoms in total. The molecule has 0 aliphatic heterocycles. The van der Waals surface area contributed by atoms with Crippen LogP contribution in [0.25, 0.3) is 10.9 Å². The Labute approximate surface area is 131 Å². The molecule has 3 aromatic rings. The molecular formula is C14H10Cl2N2O2S. The lowest BCUT2D eigenvalue weighted by Crippen LogP contribution is -2.13. The van der Waals surface area contributed by atoms with Crippen LogP contribution in [0.5, 0.6) is 0 Å². The van der Waals surface area contributed by atoms with Crippen molar-refractivity contribution in [3.05, 3.63) is 58.7 Å². The molecule has 0 unspecified atom stereocenters. The second kappa shape index (κ2) is 5.26. The number of aromatic amines is 1. The molecule has 0 fully saturated rings. The molecule has 2 aromatic carbocycles. The maximum absolute atomic E-state index is 12.5. The first-order valence-corrected chi connectivity index (χ1v) is 8.25. The zero-order valence-corrected chi connectivity index (χ0v) is 12.9. The predicted molar refractivity (Wildman–Crippen MR) is 85.6 cm³/mol. The summed E-state index contributed by atoms with van der Waals surface area (Å²) in [6, 6.07) is 11.4. The van der Waals surface area contributed by atoms with Crippen molar-refractivity contribution in [2.45, 2.75) is 4.90 Å². The van der Waals surface area contributed by atoms with Gasteiger partial charge in [-0.3, -0.25) is 4.72 Å². The van der Waals surface area contributed by atoms with Crippen molar-refractivity contribution >= 4 is 49.8 Å². The average Bonchev–Trinajstić information content (AvgIpc) is 2.90. The fourth-order valence-electron chi connectivity index (χ4n) is 2.06. The molecule has 0 atom stereocenters. The van der Waals surface area contributed by atoms with Crippen molar-refractivity contribution in [2.75, 3.05) is 4.72 Å². The second-order valence-corrected chi connectivity index (χ2v) is 6.92. The minimum atomic E-state index is -3.82. The van der Waals surface area contributed by atoms with E-state index in [1.807, 2.05) is 6.07 Å². The standard InChI is InChI=1S/C14H10Cl2N2O2S/c15-9-4-5-11(16)14(8-9)21(19,20)18-13-3-1-2-12-10(13)6-7-17-12/h1-8,17-18H. The third-order valence-electron chi connectivity index (χ3n) is 3.02. The minimum absolute atomic E-state index is 0.0517. The largest absolute Gasteiger partial charge is 0.361 e. The molecule has 108 valence electrons. The molecule has 0 amide bonds. The Morgan fingerprint density at radius 2 is 1.86 bits per heavy atom. The van der Waals surface area contributed by atoms with E-state index < -0.39 is 10.0 Å². The molecule has 7 heteroatoms. The monoisotopic (exact) mass is 340 g/mol. The Kier molecular flexibility index (Phi) is 3.57. The number of halogens is 2. The number of hydrogen-bond acceptors (Lipinski definition) is 2. The molecule has 0 aliphatic carbocycles. The number of sulfonamides is 1. The third kappa shape index (κ3) is 2.72. The van der Waals surface area contributed by atoms with Crippen LogP contribution >= 0.6 is 23.2 Å². The number of rotatable bonds is 3. The Hall–Kier alpha value is -1.69. The molecule has 1 heterocycles. The van der Waals surface area contributed by atoms with Gasteiger partial charge in [0.05, 0.1) is 10.7 Å². The lowest BCUT2D eigenvalue weighted by Gasteiger charge is -2.10. The van der Waals surface area contributed by atoms with E-state index in [1.165, 1.54) is 18.2 Å². The molecule has 0 saturated carbocycles. The minimum Gasteiger partial charge on any atom is -0.361 e. The second-order valence-electron chi connectivity index (χ2n) is 4.42. The highest BCUT2D eigenvalue weighted by atomic mass is 35.5. The van der Waals surface area contributed by atoms with Crippen LogP contribution in [-0.2, 0) is 10.0 Å². The van der Waals surface area contributed by atoms with Crippen LogP contribution in [-0.4, -0.2) is 13.4 Å². The third-order valence-corrected chi connectivity index (χ3v) is 5.10. The van der Waals surface area contributed by atoms with E-state index in [-0.39, 0.29) is 9.92 Å². The summed E-state index contributed by atoms with van der Waals surface area (Å²) < 4.78 is 27.5. The van der Waals surface area contributed by atoms with E-state index in [0.717, 1.165) is 10.9 Å². The number of benzene rings is 2. The van der Waals surface area contributed by atoms with Crippen LogP contribution in [0, 0.1) is 0 Å². The van der Waals surface area contributed by atoms with Crippen molar-refractivity contribution in [3.63, 3.8) is 0 Å². The summed E-state index contributed by atoms with van der Waals surface area (Å²) in [7, 11) is -3.82. The van der Waals surface area contributed by atoms with Gasteiger partial charge in [0.1, 0.15) is 4.90 Å². The van der Waals surface area contributed by atoms with Crippen LogP contribution in [0.3, 0.4) is 0 Å². The van der Waals surface area contributed by atoms with E-state index in [0.29, 0.717) is 10.7 Å². The van der Waals surface area contributed by atoms with Gasteiger partial charge in [-0.25, -0.2) is 8.42 Å². The molecule has 0 radical (unpaired) electrons. The molecule has 0 bridgehead atoms. The van der Waals surface area contributed by atoms with E-state index >= 15 is 0 Å². The number of H-pyrrole nitrogens is 1. The number of anilines is 1. The van der Waals surface area contributed by atoms with Gasteiger partial charge in [-0.05, 0) is 36.4 Å². The first-order chi connectivity index (χ1) is 9.97. The van der Waals surface area contributed by atoms with Crippen molar-refractivity contribution in [1.82, 2.24) is 4.98 Å². The van der Waals surface area contributed by atoms with Crippen LogP contribution in [0.4, 0.5) is 5.69 Å². The van der Waals surface area contributed by atoms with Crippen LogP contribution in [0.1, 0.15) is 0 Å². The summed E-state index contributed by atoms with van der Waals surface area (Å²) in [4.78, 5) is 2.97. The lowest BCUT2D eigenvalue weighted by atomic mass is 10.2. The summed E-state index contributed by atoms with van der Waals surface area (Å²) in [5, 5.41) is 1.20. The van der Waals surface area contributed by atoms with Gasteiger partial charge < -0.3 is 4.98 Å². The Bertz CT molecular complexity index is 920. The van der Waals surface area contributed by atoms with E-state index in [2.05, 4.69) is 9.71 Å². The Morgan fingerprint density at radius 1 is 1.05 bits per heavy atom. The van der Waals surface area contributed by atoms with Gasteiger partial charge in [0.15, 0.2) is 0 Å². The van der Waals surface area contributed by atoms with Gasteiger partial charge in [-0.2, -0.15) is 0 Å². The van der Waals surface area contributed by atoms with E-state index in [9.17, 15) is 8.42 Å². The Balaban J connectivity index is 2.08. The Morgan fingerprint density at radius 3 is 2.67 bits per heavy atom. The zero-order chi connectivity index (χ0) is 15.0. The first kappa shape index (κ1) is 14.3. The summed E-state index contributed by atoms with van der Waals surface area (Å²) in [5.41, 5.74) is 1.32. The molecule has 0 aliphatic rings. The molecule has 21 heavy (non-hydrogen) atoms. The molecule has 2 N–H and O–H groups in total. The average molecular weight is 341 g/mol. The van der Waals surface area contributed by atoms with E-state index in [4.69, 9.17) is 23.2 Å². The van der Waals surface area contributed by atoms with Crippen LogP contribution < -0.4 is 4.72 Å². The highest BCUT2D eigenvalue weighted by Crippen LogP contribution is 2.29. The van der Waals surface area contributed by atoms with Gasteiger partial charge in [0, 0.05) is 22.1 Å². The summed E-state index contributed by atoms with van der Waals surface area (Å²) in [5.74, 6) is 0. The first-order valence-electron chi connectivity index (χ1n) is 6.01. The fraction of sp³-hybridized carbons (Fsp3) is 0. The van der Waals surface area contributed by atoms with Crippen molar-refractivity contribution in [2.24, 2.45) is 0 Å². The number of nitrogens with one attached hydrogen (secondary N) is 2. The van der Waals surface area contributed by atoms with Gasteiger partial charge in [0.25, 0.3) is 10.0 Å². The van der Waals surface area contributed by atoms with Gasteiger partial charge >= 0.3 is 0 Å². The summed E-state index contributed by atoms with van der Waals surface area (Å²) in [6.07, 6.45) is 1.74. The SMILES string of the molecule is O=S(=O)(Nc1cccc2[nH]ccc12)c1cc(Cl)ccc1Cl. The number of hydrogen-bond donors (Lipinski definition) is 2. The molecule has 0 saturated heterocycles. The predicted octanol–water partition coefficient (Wildman–Crippen LogP) is 4.28. The smallest absolute Gasteiger partial charge is 0.263 e. The van der Waals surface area contributed by atoms with Gasteiger partial charge in [-0.1, -0.05) is 29.3 Å². The van der Waals surface area contributed by atoms with Gasteiger partial charge in [0.2, 0.25) is 0 Å². The quantitative estimate of drug-likeness (QED) is 0.747. The fourth-order valence-corrected chi connectivity index (χ4v) is 3.90.